The van der Waals surface area contributed by atoms with Gasteiger partial charge in [0.2, 0.25) is 0 Å². The second-order valence-electron chi connectivity index (χ2n) is 7.32. The van der Waals surface area contributed by atoms with E-state index >= 15 is 0 Å². The number of morpholine rings is 1. The Hall–Kier alpha value is -0.860. The number of hydrogen-bond acceptors (Lipinski definition) is 3. The Kier molecular flexibility index (Phi) is 9.32. The number of nitrogens with one attached hydrogen (secondary N) is 1. The zero-order valence-corrected chi connectivity index (χ0v) is 19.2. The lowest BCUT2D eigenvalue weighted by atomic mass is 10.0. The van der Waals surface area contributed by atoms with Crippen LogP contribution in [0.4, 0.5) is 0 Å². The molecule has 2 unspecified atom stereocenters. The standard InChI is InChI=1S/C21H33N3O2.HI/c1-4-22-21(23-10-9-18-8-7-16(2)14-17(18)3)24-11-13-26-20(15-24)19-6-5-12-25-19;/h7-8,14,19-20H,4-6,9-13,15H2,1-3H3,(H,22,23);1H. The molecule has 0 radical (unpaired) electrons. The van der Waals surface area contributed by atoms with Crippen LogP contribution in [-0.4, -0.2) is 62.5 Å². The van der Waals surface area contributed by atoms with E-state index in [1.54, 1.807) is 0 Å². The second-order valence-corrected chi connectivity index (χ2v) is 7.32. The monoisotopic (exact) mass is 487 g/mol. The predicted molar refractivity (Wildman–Crippen MR) is 121 cm³/mol. The Bertz CT molecular complexity index is 617. The van der Waals surface area contributed by atoms with E-state index in [9.17, 15) is 0 Å². The first-order valence-corrected chi connectivity index (χ1v) is 10.00. The minimum Gasteiger partial charge on any atom is -0.375 e. The van der Waals surface area contributed by atoms with Crippen LogP contribution in [0.5, 0.6) is 0 Å². The molecule has 0 amide bonds. The number of benzene rings is 1. The van der Waals surface area contributed by atoms with E-state index in [0.29, 0.717) is 0 Å². The number of nitrogens with zero attached hydrogens (tertiary/aromatic N) is 2. The summed E-state index contributed by atoms with van der Waals surface area (Å²) in [4.78, 5) is 7.23. The fourth-order valence-corrected chi connectivity index (χ4v) is 3.82. The molecule has 5 nitrogen and oxygen atoms in total. The van der Waals surface area contributed by atoms with Gasteiger partial charge < -0.3 is 19.7 Å². The molecular weight excluding hydrogens is 453 g/mol. The van der Waals surface area contributed by atoms with Gasteiger partial charge in [0.05, 0.1) is 12.7 Å². The van der Waals surface area contributed by atoms with Crippen LogP contribution < -0.4 is 5.32 Å². The highest BCUT2D eigenvalue weighted by molar-refractivity contribution is 14.0. The molecule has 0 saturated carbocycles. The Morgan fingerprint density at radius 1 is 1.22 bits per heavy atom. The molecule has 6 heteroatoms. The molecule has 1 N–H and O–H groups in total. The molecule has 2 saturated heterocycles. The average molecular weight is 487 g/mol. The van der Waals surface area contributed by atoms with E-state index in [0.717, 1.165) is 64.6 Å². The van der Waals surface area contributed by atoms with Gasteiger partial charge in [0, 0.05) is 32.8 Å². The van der Waals surface area contributed by atoms with Gasteiger partial charge in [-0.25, -0.2) is 0 Å². The first kappa shape index (κ1) is 22.4. The molecule has 0 aromatic heterocycles. The van der Waals surface area contributed by atoms with E-state index in [1.807, 2.05) is 0 Å². The molecule has 2 fully saturated rings. The van der Waals surface area contributed by atoms with Crippen molar-refractivity contribution >= 4 is 29.9 Å². The smallest absolute Gasteiger partial charge is 0.194 e. The van der Waals surface area contributed by atoms with Gasteiger partial charge in [-0.15, -0.1) is 24.0 Å². The molecule has 0 spiro atoms. The molecular formula is C21H34IN3O2. The summed E-state index contributed by atoms with van der Waals surface area (Å²) in [7, 11) is 0. The lowest BCUT2D eigenvalue weighted by Gasteiger charge is -2.37. The quantitative estimate of drug-likeness (QED) is 0.394. The van der Waals surface area contributed by atoms with Crippen molar-refractivity contribution in [1.82, 2.24) is 10.2 Å². The van der Waals surface area contributed by atoms with Crippen molar-refractivity contribution in [2.45, 2.75) is 52.2 Å². The summed E-state index contributed by atoms with van der Waals surface area (Å²) in [6.45, 7) is 11.5. The SMILES string of the molecule is CCNC(=NCCc1ccc(C)cc1C)N1CCOC(C2CCCO2)C1.I. The molecule has 0 bridgehead atoms. The third kappa shape index (κ3) is 6.32. The van der Waals surface area contributed by atoms with Crippen LogP contribution in [0.25, 0.3) is 0 Å². The lowest BCUT2D eigenvalue weighted by molar-refractivity contribution is -0.0817. The van der Waals surface area contributed by atoms with Crippen molar-refractivity contribution in [2.24, 2.45) is 4.99 Å². The van der Waals surface area contributed by atoms with Crippen LogP contribution in [0.15, 0.2) is 23.2 Å². The van der Waals surface area contributed by atoms with Crippen molar-refractivity contribution in [3.05, 3.63) is 34.9 Å². The van der Waals surface area contributed by atoms with Crippen molar-refractivity contribution in [2.75, 3.05) is 39.4 Å². The molecule has 1 aromatic rings. The van der Waals surface area contributed by atoms with Crippen molar-refractivity contribution < 1.29 is 9.47 Å². The fourth-order valence-electron chi connectivity index (χ4n) is 3.82. The van der Waals surface area contributed by atoms with E-state index < -0.39 is 0 Å². The number of aryl methyl sites for hydroxylation is 2. The summed E-state index contributed by atoms with van der Waals surface area (Å²) in [6, 6.07) is 6.67. The Balaban J connectivity index is 0.00000261. The van der Waals surface area contributed by atoms with Crippen LogP contribution in [-0.2, 0) is 15.9 Å². The number of hydrogen-bond donors (Lipinski definition) is 1. The van der Waals surface area contributed by atoms with Gasteiger partial charge in [0.1, 0.15) is 6.10 Å². The van der Waals surface area contributed by atoms with E-state index in [-0.39, 0.29) is 36.2 Å². The summed E-state index contributed by atoms with van der Waals surface area (Å²) in [5, 5.41) is 3.45. The second kappa shape index (κ2) is 11.2. The van der Waals surface area contributed by atoms with Crippen LogP contribution in [0.2, 0.25) is 0 Å². The van der Waals surface area contributed by atoms with Crippen LogP contribution in [0.3, 0.4) is 0 Å². The highest BCUT2D eigenvalue weighted by Crippen LogP contribution is 2.21. The number of guanidine groups is 1. The molecule has 3 rings (SSSR count). The van der Waals surface area contributed by atoms with E-state index in [4.69, 9.17) is 14.5 Å². The van der Waals surface area contributed by atoms with Gasteiger partial charge >= 0.3 is 0 Å². The Morgan fingerprint density at radius 3 is 2.74 bits per heavy atom. The topological polar surface area (TPSA) is 46.1 Å². The summed E-state index contributed by atoms with van der Waals surface area (Å²) in [6.07, 6.45) is 3.64. The summed E-state index contributed by atoms with van der Waals surface area (Å²) >= 11 is 0. The molecule has 152 valence electrons. The molecule has 2 aliphatic heterocycles. The zero-order chi connectivity index (χ0) is 18.4. The van der Waals surface area contributed by atoms with Crippen molar-refractivity contribution in [1.29, 1.82) is 0 Å². The predicted octanol–water partition coefficient (Wildman–Crippen LogP) is 3.31. The maximum atomic E-state index is 5.97. The lowest BCUT2D eigenvalue weighted by Crippen LogP contribution is -2.53. The average Bonchev–Trinajstić information content (AvgIpc) is 3.17. The molecule has 0 aliphatic carbocycles. The number of rotatable bonds is 5. The van der Waals surface area contributed by atoms with Gasteiger partial charge in [-0.1, -0.05) is 23.8 Å². The summed E-state index contributed by atoms with van der Waals surface area (Å²) in [5.41, 5.74) is 4.06. The Labute approximate surface area is 180 Å². The van der Waals surface area contributed by atoms with Gasteiger partial charge in [-0.05, 0) is 51.2 Å². The van der Waals surface area contributed by atoms with Gasteiger partial charge in [-0.3, -0.25) is 4.99 Å². The van der Waals surface area contributed by atoms with Crippen molar-refractivity contribution in [3.63, 3.8) is 0 Å². The molecule has 1 aromatic carbocycles. The highest BCUT2D eigenvalue weighted by Gasteiger charge is 2.32. The largest absolute Gasteiger partial charge is 0.375 e. The third-order valence-electron chi connectivity index (χ3n) is 5.25. The summed E-state index contributed by atoms with van der Waals surface area (Å²) in [5.74, 6) is 1.00. The minimum absolute atomic E-state index is 0. The normalized spacial score (nSPS) is 23.2. The van der Waals surface area contributed by atoms with Crippen LogP contribution in [0, 0.1) is 13.8 Å². The van der Waals surface area contributed by atoms with Gasteiger partial charge in [-0.2, -0.15) is 0 Å². The van der Waals surface area contributed by atoms with Crippen LogP contribution in [0.1, 0.15) is 36.5 Å². The number of aliphatic imine (C=N–C) groups is 1. The van der Waals surface area contributed by atoms with Crippen LogP contribution >= 0.6 is 24.0 Å². The first-order valence-electron chi connectivity index (χ1n) is 10.00. The first-order chi connectivity index (χ1) is 12.7. The maximum absolute atomic E-state index is 5.97. The molecule has 2 aliphatic rings. The van der Waals surface area contributed by atoms with Gasteiger partial charge in [0.15, 0.2) is 5.96 Å². The van der Waals surface area contributed by atoms with Gasteiger partial charge in [0.25, 0.3) is 0 Å². The van der Waals surface area contributed by atoms with E-state index in [2.05, 4.69) is 49.2 Å². The maximum Gasteiger partial charge on any atom is 0.194 e. The minimum atomic E-state index is 0. The fraction of sp³-hybridized carbons (Fsp3) is 0.667. The van der Waals surface area contributed by atoms with E-state index in [1.165, 1.54) is 16.7 Å². The number of ether oxygens (including phenoxy) is 2. The Morgan fingerprint density at radius 2 is 2.04 bits per heavy atom. The third-order valence-corrected chi connectivity index (χ3v) is 5.25. The molecule has 2 atom stereocenters. The highest BCUT2D eigenvalue weighted by atomic mass is 127. The summed E-state index contributed by atoms with van der Waals surface area (Å²) < 4.78 is 11.8. The zero-order valence-electron chi connectivity index (χ0n) is 16.9. The number of halogens is 1. The molecule has 27 heavy (non-hydrogen) atoms. The van der Waals surface area contributed by atoms with Crippen molar-refractivity contribution in [3.8, 4) is 0 Å². The molecule has 2 heterocycles.